The summed E-state index contributed by atoms with van der Waals surface area (Å²) in [6.07, 6.45) is 6.00. The summed E-state index contributed by atoms with van der Waals surface area (Å²) in [5.74, 6) is 0.586. The molecule has 1 fully saturated rings. The van der Waals surface area contributed by atoms with E-state index in [0.29, 0.717) is 18.8 Å². The van der Waals surface area contributed by atoms with Crippen molar-refractivity contribution in [2.75, 3.05) is 13.1 Å². The first-order chi connectivity index (χ1) is 13.7. The van der Waals surface area contributed by atoms with E-state index in [0.717, 1.165) is 43.7 Å². The second kappa shape index (κ2) is 8.50. The van der Waals surface area contributed by atoms with Gasteiger partial charge >= 0.3 is 0 Å². The number of β-amino-alcohol motifs (C(OH)–C–C–N with tert-alkyl or cyclic N) is 1. The molecule has 0 bridgehead atoms. The van der Waals surface area contributed by atoms with E-state index in [2.05, 4.69) is 32.1 Å². The minimum absolute atomic E-state index is 0.146. The first-order valence-electron chi connectivity index (χ1n) is 9.73. The molecule has 0 aliphatic carbocycles. The molecule has 3 heterocycles. The number of nitrogens with one attached hydrogen (secondary N) is 1. The van der Waals surface area contributed by atoms with Crippen molar-refractivity contribution < 1.29 is 5.11 Å². The number of rotatable bonds is 6. The molecule has 1 atom stereocenters. The first kappa shape index (κ1) is 18.6. The number of benzene rings is 1. The van der Waals surface area contributed by atoms with Gasteiger partial charge in [0.1, 0.15) is 5.82 Å². The van der Waals surface area contributed by atoms with E-state index in [9.17, 15) is 9.90 Å². The summed E-state index contributed by atoms with van der Waals surface area (Å²) in [4.78, 5) is 21.8. The number of hydrogen-bond donors (Lipinski definition) is 2. The Morgan fingerprint density at radius 3 is 2.86 bits per heavy atom. The van der Waals surface area contributed by atoms with Gasteiger partial charge in [-0.25, -0.2) is 4.98 Å². The largest absolute Gasteiger partial charge is 0.392 e. The Kier molecular flexibility index (Phi) is 5.64. The monoisotopic (exact) mass is 379 g/mol. The van der Waals surface area contributed by atoms with E-state index < -0.39 is 0 Å². The predicted octanol–water partition coefficient (Wildman–Crippen LogP) is 1.83. The summed E-state index contributed by atoms with van der Waals surface area (Å²) in [5, 5.41) is 14.0. The molecule has 0 saturated carbocycles. The topological polar surface area (TPSA) is 87.0 Å². The smallest absolute Gasteiger partial charge is 0.251 e. The summed E-state index contributed by atoms with van der Waals surface area (Å²) in [6.45, 7) is 3.26. The van der Waals surface area contributed by atoms with Crippen molar-refractivity contribution in [3.05, 3.63) is 70.4 Å². The Morgan fingerprint density at radius 1 is 1.25 bits per heavy atom. The van der Waals surface area contributed by atoms with Gasteiger partial charge in [0.2, 0.25) is 0 Å². The number of nitrogens with zero attached hydrogens (tertiary/aromatic N) is 4. The van der Waals surface area contributed by atoms with Gasteiger partial charge in [0, 0.05) is 50.1 Å². The third-order valence-electron chi connectivity index (χ3n) is 5.07. The number of aromatic amines is 1. The van der Waals surface area contributed by atoms with E-state index in [4.69, 9.17) is 0 Å². The van der Waals surface area contributed by atoms with Crippen LogP contribution in [0.25, 0.3) is 11.4 Å². The van der Waals surface area contributed by atoms with Gasteiger partial charge in [0.05, 0.1) is 11.8 Å². The van der Waals surface area contributed by atoms with Crippen LogP contribution in [0.15, 0.2) is 53.6 Å². The number of hydrogen-bond acceptors (Lipinski definition) is 5. The van der Waals surface area contributed by atoms with Gasteiger partial charge < -0.3 is 10.1 Å². The Bertz CT molecular complexity index is 950. The zero-order valence-electron chi connectivity index (χ0n) is 15.8. The van der Waals surface area contributed by atoms with Crippen molar-refractivity contribution in [1.82, 2.24) is 24.6 Å². The van der Waals surface area contributed by atoms with Gasteiger partial charge in [0.25, 0.3) is 5.56 Å². The predicted molar refractivity (Wildman–Crippen MR) is 107 cm³/mol. The molecule has 1 aliphatic rings. The molecule has 0 unspecified atom stereocenters. The van der Waals surface area contributed by atoms with E-state index in [1.54, 1.807) is 12.3 Å². The highest BCUT2D eigenvalue weighted by Gasteiger charge is 2.17. The Hall–Kier alpha value is -2.77. The standard InChI is InChI=1S/C21H25N5O2/c27-19-3-1-10-25(15-19)14-16-4-6-17(7-5-16)21-23-18(13-20(28)24-21)8-12-26-11-2-9-22-26/h2,4-7,9,11,13,19,27H,1,3,8,10,12,14-15H2,(H,23,24,28)/t19-/m1/s1. The van der Waals surface area contributed by atoms with Crippen LogP contribution in [-0.2, 0) is 19.5 Å². The number of aliphatic hydroxyl groups is 1. The Morgan fingerprint density at radius 2 is 2.11 bits per heavy atom. The number of aliphatic hydroxyl groups excluding tert-OH is 1. The molecule has 146 valence electrons. The lowest BCUT2D eigenvalue weighted by Crippen LogP contribution is -2.37. The number of aryl methyl sites for hydroxylation is 2. The van der Waals surface area contributed by atoms with Gasteiger partial charge in [-0.3, -0.25) is 14.4 Å². The van der Waals surface area contributed by atoms with Crippen LogP contribution >= 0.6 is 0 Å². The van der Waals surface area contributed by atoms with Gasteiger partial charge in [0.15, 0.2) is 0 Å². The minimum atomic E-state index is -0.216. The lowest BCUT2D eigenvalue weighted by atomic mass is 10.1. The lowest BCUT2D eigenvalue weighted by Gasteiger charge is -2.29. The van der Waals surface area contributed by atoms with Crippen LogP contribution in [0.3, 0.4) is 0 Å². The van der Waals surface area contributed by atoms with E-state index in [1.807, 2.05) is 29.1 Å². The summed E-state index contributed by atoms with van der Waals surface area (Å²) >= 11 is 0. The van der Waals surface area contributed by atoms with Gasteiger partial charge in [-0.1, -0.05) is 24.3 Å². The number of piperidine rings is 1. The molecule has 4 rings (SSSR count). The van der Waals surface area contributed by atoms with Crippen LogP contribution in [-0.4, -0.2) is 48.9 Å². The summed E-state index contributed by atoms with van der Waals surface area (Å²) in [5.41, 5.74) is 2.68. The van der Waals surface area contributed by atoms with Crippen LogP contribution in [0.2, 0.25) is 0 Å². The molecule has 0 spiro atoms. The van der Waals surface area contributed by atoms with Crippen molar-refractivity contribution in [2.45, 2.75) is 38.5 Å². The summed E-state index contributed by atoms with van der Waals surface area (Å²) in [7, 11) is 0. The van der Waals surface area contributed by atoms with Gasteiger partial charge in [-0.2, -0.15) is 5.10 Å². The van der Waals surface area contributed by atoms with Crippen LogP contribution in [0.1, 0.15) is 24.1 Å². The molecule has 2 N–H and O–H groups in total. The first-order valence-corrected chi connectivity index (χ1v) is 9.73. The van der Waals surface area contributed by atoms with Gasteiger partial charge in [-0.15, -0.1) is 0 Å². The SMILES string of the molecule is O=c1cc(CCn2cccn2)nc(-c2ccc(CN3CCC[C@@H](O)C3)cc2)[nH]1. The fourth-order valence-corrected chi connectivity index (χ4v) is 3.64. The fraction of sp³-hybridized carbons (Fsp3) is 0.381. The van der Waals surface area contributed by atoms with Crippen LogP contribution in [0.5, 0.6) is 0 Å². The van der Waals surface area contributed by atoms with E-state index >= 15 is 0 Å². The highest BCUT2D eigenvalue weighted by molar-refractivity contribution is 5.55. The maximum atomic E-state index is 12.1. The van der Waals surface area contributed by atoms with Crippen LogP contribution < -0.4 is 5.56 Å². The molecule has 1 saturated heterocycles. The molecule has 3 aromatic rings. The molecule has 0 radical (unpaired) electrons. The second-order valence-electron chi connectivity index (χ2n) is 7.33. The molecule has 7 heteroatoms. The van der Waals surface area contributed by atoms with E-state index in [-0.39, 0.29) is 11.7 Å². The van der Waals surface area contributed by atoms with Crippen molar-refractivity contribution >= 4 is 0 Å². The van der Waals surface area contributed by atoms with Crippen molar-refractivity contribution in [2.24, 2.45) is 0 Å². The summed E-state index contributed by atoms with van der Waals surface area (Å²) < 4.78 is 1.83. The quantitative estimate of drug-likeness (QED) is 0.682. The molecule has 1 aliphatic heterocycles. The maximum absolute atomic E-state index is 12.1. The lowest BCUT2D eigenvalue weighted by molar-refractivity contribution is 0.0668. The highest BCUT2D eigenvalue weighted by Crippen LogP contribution is 2.18. The average molecular weight is 379 g/mol. The fourth-order valence-electron chi connectivity index (χ4n) is 3.64. The molecular weight excluding hydrogens is 354 g/mol. The van der Waals surface area contributed by atoms with Crippen molar-refractivity contribution in [1.29, 1.82) is 0 Å². The highest BCUT2D eigenvalue weighted by atomic mass is 16.3. The Labute approximate surface area is 163 Å². The third kappa shape index (κ3) is 4.74. The van der Waals surface area contributed by atoms with Crippen LogP contribution in [0.4, 0.5) is 0 Å². The zero-order valence-corrected chi connectivity index (χ0v) is 15.8. The zero-order chi connectivity index (χ0) is 19.3. The molecule has 2 aromatic heterocycles. The molecule has 0 amide bonds. The minimum Gasteiger partial charge on any atom is -0.392 e. The van der Waals surface area contributed by atoms with Crippen LogP contribution in [0, 0.1) is 0 Å². The summed E-state index contributed by atoms with van der Waals surface area (Å²) in [6, 6.07) is 11.5. The maximum Gasteiger partial charge on any atom is 0.251 e. The van der Waals surface area contributed by atoms with E-state index in [1.165, 1.54) is 5.56 Å². The third-order valence-corrected chi connectivity index (χ3v) is 5.07. The molecule has 7 nitrogen and oxygen atoms in total. The molecular formula is C21H25N5O2. The number of likely N-dealkylation sites (tertiary alicyclic amines) is 1. The van der Waals surface area contributed by atoms with Crippen molar-refractivity contribution in [3.8, 4) is 11.4 Å². The Balaban J connectivity index is 1.45. The van der Waals surface area contributed by atoms with Gasteiger partial charge in [-0.05, 0) is 31.0 Å². The molecule has 28 heavy (non-hydrogen) atoms. The van der Waals surface area contributed by atoms with Crippen molar-refractivity contribution in [3.63, 3.8) is 0 Å². The second-order valence-corrected chi connectivity index (χ2v) is 7.33. The molecule has 1 aromatic carbocycles. The number of H-pyrrole nitrogens is 1. The normalized spacial score (nSPS) is 17.7. The average Bonchev–Trinajstić information content (AvgIpc) is 3.20. The number of aromatic nitrogens is 4.